The fraction of sp³-hybridized carbons (Fsp3) is 0.562. The van der Waals surface area contributed by atoms with Crippen molar-refractivity contribution >= 4 is 0 Å². The summed E-state index contributed by atoms with van der Waals surface area (Å²) in [5, 5.41) is 8.49. The molecule has 0 aliphatic rings. The third-order valence-corrected chi connectivity index (χ3v) is 3.31. The third kappa shape index (κ3) is 4.53. The lowest BCUT2D eigenvalue weighted by Crippen LogP contribution is -2.17. The molecule has 22 heavy (non-hydrogen) atoms. The van der Waals surface area contributed by atoms with Gasteiger partial charge in [-0.25, -0.2) is 0 Å². The van der Waals surface area contributed by atoms with Crippen LogP contribution in [0.1, 0.15) is 36.8 Å². The Morgan fingerprint density at radius 2 is 2.18 bits per heavy atom. The molecular weight excluding hydrogens is 278 g/mol. The van der Waals surface area contributed by atoms with Crippen LogP contribution < -0.4 is 0 Å². The monoisotopic (exact) mass is 303 g/mol. The topological polar surface area (TPSA) is 60.0 Å². The second-order valence-corrected chi connectivity index (χ2v) is 6.13. The van der Waals surface area contributed by atoms with Crippen molar-refractivity contribution in [3.8, 4) is 0 Å². The SMILES string of the molecule is C=CCn1cc(CN(C)Cc2nc(CC(C)C)no2)c(C)n1. The summed E-state index contributed by atoms with van der Waals surface area (Å²) in [6.07, 6.45) is 4.75. The van der Waals surface area contributed by atoms with Crippen LogP contribution in [0, 0.1) is 12.8 Å². The third-order valence-electron chi connectivity index (χ3n) is 3.31. The molecule has 0 aliphatic heterocycles. The number of aryl methyl sites for hydroxylation is 1. The van der Waals surface area contributed by atoms with Crippen molar-refractivity contribution in [2.24, 2.45) is 5.92 Å². The molecule has 0 saturated heterocycles. The van der Waals surface area contributed by atoms with E-state index in [1.165, 1.54) is 5.56 Å². The number of rotatable bonds is 8. The summed E-state index contributed by atoms with van der Waals surface area (Å²) in [5.74, 6) is 1.98. The largest absolute Gasteiger partial charge is 0.338 e. The fourth-order valence-electron chi connectivity index (χ4n) is 2.32. The van der Waals surface area contributed by atoms with E-state index in [0.717, 1.165) is 31.0 Å². The molecule has 2 aromatic heterocycles. The molecule has 0 aromatic carbocycles. The summed E-state index contributed by atoms with van der Waals surface area (Å²) in [4.78, 5) is 6.58. The molecule has 0 atom stereocenters. The Kier molecular flexibility index (Phi) is 5.49. The van der Waals surface area contributed by atoms with Crippen molar-refractivity contribution in [3.05, 3.63) is 41.8 Å². The molecule has 0 unspecified atom stereocenters. The first-order chi connectivity index (χ1) is 10.5. The van der Waals surface area contributed by atoms with E-state index in [4.69, 9.17) is 4.52 Å². The van der Waals surface area contributed by atoms with Gasteiger partial charge in [0.05, 0.1) is 18.8 Å². The van der Waals surface area contributed by atoms with Gasteiger partial charge in [-0.1, -0.05) is 25.1 Å². The zero-order valence-electron chi connectivity index (χ0n) is 13.9. The van der Waals surface area contributed by atoms with E-state index in [-0.39, 0.29) is 0 Å². The van der Waals surface area contributed by atoms with Gasteiger partial charge < -0.3 is 4.52 Å². The van der Waals surface area contributed by atoms with Crippen LogP contribution in [0.4, 0.5) is 0 Å². The van der Waals surface area contributed by atoms with Crippen molar-refractivity contribution in [1.82, 2.24) is 24.8 Å². The van der Waals surface area contributed by atoms with Gasteiger partial charge in [0.2, 0.25) is 5.89 Å². The van der Waals surface area contributed by atoms with Crippen molar-refractivity contribution in [1.29, 1.82) is 0 Å². The zero-order valence-corrected chi connectivity index (χ0v) is 13.9. The van der Waals surface area contributed by atoms with Crippen LogP contribution in [0.25, 0.3) is 0 Å². The van der Waals surface area contributed by atoms with Gasteiger partial charge in [-0.2, -0.15) is 10.1 Å². The first-order valence-corrected chi connectivity index (χ1v) is 7.61. The standard InChI is InChI=1S/C16H25N5O/c1-6-7-21-10-14(13(4)18-21)9-20(5)11-16-17-15(19-22-16)8-12(2)3/h6,10,12H,1,7-9,11H2,2-5H3. The summed E-state index contributed by atoms with van der Waals surface area (Å²) in [5.41, 5.74) is 2.24. The van der Waals surface area contributed by atoms with Gasteiger partial charge in [-0.05, 0) is 19.9 Å². The Labute approximate surface area is 131 Å². The highest BCUT2D eigenvalue weighted by atomic mass is 16.5. The first kappa shape index (κ1) is 16.4. The van der Waals surface area contributed by atoms with Crippen LogP contribution in [-0.2, 0) is 26.1 Å². The molecule has 0 aliphatic carbocycles. The van der Waals surface area contributed by atoms with E-state index in [0.29, 0.717) is 18.4 Å². The van der Waals surface area contributed by atoms with Gasteiger partial charge in [-0.15, -0.1) is 6.58 Å². The quantitative estimate of drug-likeness (QED) is 0.702. The molecule has 0 bridgehead atoms. The Morgan fingerprint density at radius 1 is 1.41 bits per heavy atom. The Bertz CT molecular complexity index is 614. The lowest BCUT2D eigenvalue weighted by atomic mass is 10.1. The second kappa shape index (κ2) is 7.35. The minimum absolute atomic E-state index is 0.529. The van der Waals surface area contributed by atoms with Gasteiger partial charge in [-0.3, -0.25) is 9.58 Å². The number of allylic oxidation sites excluding steroid dienone is 1. The molecule has 120 valence electrons. The van der Waals surface area contributed by atoms with Crippen molar-refractivity contribution in [2.75, 3.05) is 7.05 Å². The van der Waals surface area contributed by atoms with E-state index in [2.05, 4.69) is 46.8 Å². The highest BCUT2D eigenvalue weighted by Crippen LogP contribution is 2.11. The molecule has 0 spiro atoms. The lowest BCUT2D eigenvalue weighted by Gasteiger charge is -2.13. The summed E-state index contributed by atoms with van der Waals surface area (Å²) < 4.78 is 7.21. The van der Waals surface area contributed by atoms with Gasteiger partial charge in [0.25, 0.3) is 0 Å². The summed E-state index contributed by atoms with van der Waals surface area (Å²) in [6, 6.07) is 0. The average molecular weight is 303 g/mol. The van der Waals surface area contributed by atoms with Crippen molar-refractivity contribution < 1.29 is 4.52 Å². The van der Waals surface area contributed by atoms with Crippen molar-refractivity contribution in [3.63, 3.8) is 0 Å². The van der Waals surface area contributed by atoms with E-state index >= 15 is 0 Å². The molecule has 6 nitrogen and oxygen atoms in total. The Morgan fingerprint density at radius 3 is 2.86 bits per heavy atom. The molecule has 6 heteroatoms. The van der Waals surface area contributed by atoms with Crippen LogP contribution in [0.2, 0.25) is 0 Å². The van der Waals surface area contributed by atoms with Crippen LogP contribution in [-0.4, -0.2) is 31.9 Å². The van der Waals surface area contributed by atoms with Gasteiger partial charge in [0.1, 0.15) is 0 Å². The van der Waals surface area contributed by atoms with Crippen molar-refractivity contribution in [2.45, 2.75) is 46.8 Å². The molecule has 0 saturated carbocycles. The van der Waals surface area contributed by atoms with E-state index in [1.54, 1.807) is 0 Å². The normalized spacial score (nSPS) is 11.5. The maximum absolute atomic E-state index is 5.31. The molecule has 2 rings (SSSR count). The maximum atomic E-state index is 5.31. The Hall–Kier alpha value is -1.95. The van der Waals surface area contributed by atoms with Crippen LogP contribution >= 0.6 is 0 Å². The smallest absolute Gasteiger partial charge is 0.240 e. The summed E-state index contributed by atoms with van der Waals surface area (Å²) in [6.45, 7) is 12.2. The molecule has 0 fully saturated rings. The molecule has 2 heterocycles. The molecule has 0 radical (unpaired) electrons. The Balaban J connectivity index is 1.93. The number of hydrogen-bond acceptors (Lipinski definition) is 5. The molecular formula is C16H25N5O. The van der Waals surface area contributed by atoms with E-state index in [9.17, 15) is 0 Å². The van der Waals surface area contributed by atoms with Crippen LogP contribution in [0.3, 0.4) is 0 Å². The van der Waals surface area contributed by atoms with Crippen LogP contribution in [0.5, 0.6) is 0 Å². The number of hydrogen-bond donors (Lipinski definition) is 0. The minimum atomic E-state index is 0.529. The van der Waals surface area contributed by atoms with Gasteiger partial charge in [0, 0.05) is 24.7 Å². The molecule has 0 amide bonds. The highest BCUT2D eigenvalue weighted by molar-refractivity contribution is 5.15. The second-order valence-electron chi connectivity index (χ2n) is 6.13. The minimum Gasteiger partial charge on any atom is -0.338 e. The lowest BCUT2D eigenvalue weighted by molar-refractivity contribution is 0.259. The molecule has 2 aromatic rings. The van der Waals surface area contributed by atoms with E-state index < -0.39 is 0 Å². The number of aromatic nitrogens is 4. The fourth-order valence-corrected chi connectivity index (χ4v) is 2.32. The predicted octanol–water partition coefficient (Wildman–Crippen LogP) is 2.59. The van der Waals surface area contributed by atoms with Gasteiger partial charge >= 0.3 is 0 Å². The molecule has 0 N–H and O–H groups in total. The van der Waals surface area contributed by atoms with Crippen LogP contribution in [0.15, 0.2) is 23.4 Å². The summed E-state index contributed by atoms with van der Waals surface area (Å²) in [7, 11) is 2.04. The first-order valence-electron chi connectivity index (χ1n) is 7.61. The zero-order chi connectivity index (χ0) is 16.1. The highest BCUT2D eigenvalue weighted by Gasteiger charge is 2.12. The predicted molar refractivity (Wildman–Crippen MR) is 85.2 cm³/mol. The van der Waals surface area contributed by atoms with E-state index in [1.807, 2.05) is 24.7 Å². The summed E-state index contributed by atoms with van der Waals surface area (Å²) >= 11 is 0. The maximum Gasteiger partial charge on any atom is 0.240 e. The average Bonchev–Trinajstić information content (AvgIpc) is 2.97. The number of nitrogens with zero attached hydrogens (tertiary/aromatic N) is 5. The van der Waals surface area contributed by atoms with Gasteiger partial charge in [0.15, 0.2) is 5.82 Å².